The molecule has 1 aliphatic carbocycles. The molecule has 1 saturated carbocycles. The molecule has 2 rings (SSSR count). The van der Waals surface area contributed by atoms with E-state index in [4.69, 9.17) is 5.73 Å². The first-order valence-corrected chi connectivity index (χ1v) is 6.89. The molecule has 0 saturated heterocycles. The van der Waals surface area contributed by atoms with Crippen LogP contribution in [-0.4, -0.2) is 18.6 Å². The lowest BCUT2D eigenvalue weighted by Crippen LogP contribution is -2.38. The average Bonchev–Trinajstić information content (AvgIpc) is 2.36. The summed E-state index contributed by atoms with van der Waals surface area (Å²) in [6.45, 7) is 2.78. The van der Waals surface area contributed by atoms with E-state index < -0.39 is 0 Å². The van der Waals surface area contributed by atoms with Crippen LogP contribution in [0.4, 0.5) is 4.39 Å². The molecule has 3 N–H and O–H groups in total. The molecule has 1 aliphatic rings. The van der Waals surface area contributed by atoms with Gasteiger partial charge in [-0.05, 0) is 62.8 Å². The van der Waals surface area contributed by atoms with Crippen molar-refractivity contribution in [1.82, 2.24) is 5.32 Å². The van der Waals surface area contributed by atoms with Gasteiger partial charge in [-0.3, -0.25) is 0 Å². The van der Waals surface area contributed by atoms with Gasteiger partial charge in [0, 0.05) is 12.1 Å². The number of nitrogens with two attached hydrogens (primary N) is 1. The van der Waals surface area contributed by atoms with Crippen LogP contribution < -0.4 is 11.1 Å². The van der Waals surface area contributed by atoms with Gasteiger partial charge < -0.3 is 11.1 Å². The molecule has 18 heavy (non-hydrogen) atoms. The van der Waals surface area contributed by atoms with Crippen molar-refractivity contribution >= 4 is 0 Å². The summed E-state index contributed by atoms with van der Waals surface area (Å²) in [5.74, 6) is -0.118. The molecule has 0 amide bonds. The number of benzene rings is 1. The summed E-state index contributed by atoms with van der Waals surface area (Å²) in [6, 6.07) is 6.40. The zero-order valence-electron chi connectivity index (χ0n) is 11.1. The van der Waals surface area contributed by atoms with Crippen molar-refractivity contribution in [2.75, 3.05) is 6.54 Å². The highest BCUT2D eigenvalue weighted by Crippen LogP contribution is 2.17. The zero-order valence-corrected chi connectivity index (χ0v) is 11.1. The van der Waals surface area contributed by atoms with Gasteiger partial charge in [0.15, 0.2) is 0 Å². The molecule has 0 unspecified atom stereocenters. The van der Waals surface area contributed by atoms with E-state index in [1.807, 2.05) is 19.1 Å². The first-order chi connectivity index (χ1) is 8.65. The van der Waals surface area contributed by atoms with Crippen LogP contribution >= 0.6 is 0 Å². The highest BCUT2D eigenvalue weighted by Gasteiger charge is 2.17. The Hall–Kier alpha value is -0.930. The van der Waals surface area contributed by atoms with E-state index in [9.17, 15) is 4.39 Å². The van der Waals surface area contributed by atoms with Crippen LogP contribution in [0.2, 0.25) is 0 Å². The first-order valence-electron chi connectivity index (χ1n) is 6.89. The maximum atomic E-state index is 13.1. The standard InChI is InChI=1S/C15H23FN2/c1-11-10-12(2-7-15(11)16)8-9-18-14-5-3-13(17)4-6-14/h2,7,10,13-14,18H,3-6,8-9,17H2,1H3. The third-order valence-electron chi connectivity index (χ3n) is 3.84. The molecule has 1 aromatic rings. The molecule has 2 nitrogen and oxygen atoms in total. The molecule has 100 valence electrons. The second kappa shape index (κ2) is 6.30. The van der Waals surface area contributed by atoms with E-state index in [1.165, 1.54) is 18.4 Å². The summed E-state index contributed by atoms with van der Waals surface area (Å²) >= 11 is 0. The van der Waals surface area contributed by atoms with Crippen LogP contribution in [0, 0.1) is 12.7 Å². The number of rotatable bonds is 4. The Morgan fingerprint density at radius 2 is 2.00 bits per heavy atom. The van der Waals surface area contributed by atoms with Crippen molar-refractivity contribution in [3.8, 4) is 0 Å². The molecule has 0 heterocycles. The summed E-state index contributed by atoms with van der Waals surface area (Å²) in [4.78, 5) is 0. The second-order valence-electron chi connectivity index (χ2n) is 5.40. The van der Waals surface area contributed by atoms with Crippen molar-refractivity contribution in [1.29, 1.82) is 0 Å². The van der Waals surface area contributed by atoms with E-state index >= 15 is 0 Å². The van der Waals surface area contributed by atoms with Crippen molar-refractivity contribution in [3.63, 3.8) is 0 Å². The van der Waals surface area contributed by atoms with Crippen LogP contribution in [0.15, 0.2) is 18.2 Å². The van der Waals surface area contributed by atoms with Gasteiger partial charge in [0.05, 0.1) is 0 Å². The van der Waals surface area contributed by atoms with Gasteiger partial charge in [-0.1, -0.05) is 12.1 Å². The maximum absolute atomic E-state index is 13.1. The molecule has 0 atom stereocenters. The largest absolute Gasteiger partial charge is 0.328 e. The Morgan fingerprint density at radius 3 is 2.67 bits per heavy atom. The molecule has 1 fully saturated rings. The lowest BCUT2D eigenvalue weighted by atomic mass is 9.92. The van der Waals surface area contributed by atoms with Crippen molar-refractivity contribution in [3.05, 3.63) is 35.1 Å². The number of halogens is 1. The molecule has 0 bridgehead atoms. The topological polar surface area (TPSA) is 38.0 Å². The lowest BCUT2D eigenvalue weighted by molar-refractivity contribution is 0.344. The van der Waals surface area contributed by atoms with Gasteiger partial charge in [0.2, 0.25) is 0 Å². The fraction of sp³-hybridized carbons (Fsp3) is 0.600. The fourth-order valence-electron chi connectivity index (χ4n) is 2.61. The Kier molecular flexibility index (Phi) is 4.72. The molecule has 0 aliphatic heterocycles. The SMILES string of the molecule is Cc1cc(CCNC2CCC(N)CC2)ccc1F. The van der Waals surface area contributed by atoms with Gasteiger partial charge in [-0.15, -0.1) is 0 Å². The molecule has 0 spiro atoms. The van der Waals surface area contributed by atoms with Gasteiger partial charge in [0.1, 0.15) is 5.82 Å². The number of hydrogen-bond acceptors (Lipinski definition) is 2. The second-order valence-corrected chi connectivity index (χ2v) is 5.40. The minimum absolute atomic E-state index is 0.118. The van der Waals surface area contributed by atoms with Crippen LogP contribution in [0.3, 0.4) is 0 Å². The van der Waals surface area contributed by atoms with E-state index in [2.05, 4.69) is 5.32 Å². The monoisotopic (exact) mass is 250 g/mol. The minimum atomic E-state index is -0.118. The Morgan fingerprint density at radius 1 is 1.28 bits per heavy atom. The predicted octanol–water partition coefficient (Wildman–Crippen LogP) is 2.54. The molecule has 0 aromatic heterocycles. The summed E-state index contributed by atoms with van der Waals surface area (Å²) in [5, 5.41) is 3.58. The third-order valence-corrected chi connectivity index (χ3v) is 3.84. The Labute approximate surface area is 109 Å². The highest BCUT2D eigenvalue weighted by atomic mass is 19.1. The first kappa shape index (κ1) is 13.5. The van der Waals surface area contributed by atoms with Gasteiger partial charge >= 0.3 is 0 Å². The van der Waals surface area contributed by atoms with Gasteiger partial charge in [0.25, 0.3) is 0 Å². The Bertz CT molecular complexity index is 384. The van der Waals surface area contributed by atoms with Crippen molar-refractivity contribution in [2.45, 2.75) is 51.1 Å². The molecule has 0 radical (unpaired) electrons. The number of nitrogens with one attached hydrogen (secondary N) is 1. The number of hydrogen-bond donors (Lipinski definition) is 2. The average molecular weight is 250 g/mol. The van der Waals surface area contributed by atoms with E-state index in [0.29, 0.717) is 12.1 Å². The molecular formula is C15H23FN2. The lowest BCUT2D eigenvalue weighted by Gasteiger charge is -2.26. The predicted molar refractivity (Wildman–Crippen MR) is 73.1 cm³/mol. The Balaban J connectivity index is 1.73. The summed E-state index contributed by atoms with van der Waals surface area (Å²) in [6.07, 6.45) is 5.59. The molecule has 3 heteroatoms. The van der Waals surface area contributed by atoms with Crippen LogP contribution in [0.5, 0.6) is 0 Å². The highest BCUT2D eigenvalue weighted by molar-refractivity contribution is 5.24. The smallest absolute Gasteiger partial charge is 0.126 e. The summed E-state index contributed by atoms with van der Waals surface area (Å²) in [7, 11) is 0. The van der Waals surface area contributed by atoms with Crippen molar-refractivity contribution in [2.24, 2.45) is 5.73 Å². The van der Waals surface area contributed by atoms with Gasteiger partial charge in [-0.25, -0.2) is 4.39 Å². The van der Waals surface area contributed by atoms with E-state index in [0.717, 1.165) is 31.4 Å². The summed E-state index contributed by atoms with van der Waals surface area (Å²) in [5.41, 5.74) is 7.82. The molecule has 1 aromatic carbocycles. The van der Waals surface area contributed by atoms with Gasteiger partial charge in [-0.2, -0.15) is 0 Å². The summed E-state index contributed by atoms with van der Waals surface area (Å²) < 4.78 is 13.1. The normalized spacial score (nSPS) is 24.2. The third kappa shape index (κ3) is 3.79. The van der Waals surface area contributed by atoms with E-state index in [-0.39, 0.29) is 5.82 Å². The van der Waals surface area contributed by atoms with E-state index in [1.54, 1.807) is 6.07 Å². The van der Waals surface area contributed by atoms with Crippen molar-refractivity contribution < 1.29 is 4.39 Å². The quantitative estimate of drug-likeness (QED) is 0.862. The maximum Gasteiger partial charge on any atom is 0.126 e. The minimum Gasteiger partial charge on any atom is -0.328 e. The van der Waals surface area contributed by atoms with Crippen LogP contribution in [0.1, 0.15) is 36.8 Å². The fourth-order valence-corrected chi connectivity index (χ4v) is 2.61. The molecular weight excluding hydrogens is 227 g/mol. The van der Waals surface area contributed by atoms with Crippen LogP contribution in [0.25, 0.3) is 0 Å². The zero-order chi connectivity index (χ0) is 13.0. The van der Waals surface area contributed by atoms with Crippen LogP contribution in [-0.2, 0) is 6.42 Å². The number of aryl methyl sites for hydroxylation is 1.